The van der Waals surface area contributed by atoms with Crippen molar-refractivity contribution >= 4 is 50.1 Å². The molecule has 2 rings (SSSR count). The van der Waals surface area contributed by atoms with Gasteiger partial charge in [0.1, 0.15) is 0 Å². The van der Waals surface area contributed by atoms with E-state index in [0.29, 0.717) is 6.61 Å². The van der Waals surface area contributed by atoms with Gasteiger partial charge in [-0.3, -0.25) is 0 Å². The molecule has 0 aliphatic heterocycles. The summed E-state index contributed by atoms with van der Waals surface area (Å²) in [5, 5.41) is 0.764. The molecule has 0 aromatic heterocycles. The molecule has 0 N–H and O–H groups in total. The zero-order valence-corrected chi connectivity index (χ0v) is 14.7. The highest BCUT2D eigenvalue weighted by Crippen LogP contribution is 2.28. The van der Waals surface area contributed by atoms with Gasteiger partial charge in [0.15, 0.2) is 0 Å². The van der Waals surface area contributed by atoms with Crippen molar-refractivity contribution in [3.8, 4) is 0 Å². The van der Waals surface area contributed by atoms with Crippen molar-refractivity contribution in [1.82, 2.24) is 0 Å². The molecular formula is C15H13BrClIO. The summed E-state index contributed by atoms with van der Waals surface area (Å²) in [4.78, 5) is 0. The molecule has 0 heterocycles. The highest BCUT2D eigenvalue weighted by molar-refractivity contribution is 14.1. The summed E-state index contributed by atoms with van der Waals surface area (Å²) in [6.07, 6.45) is 0.0259. The normalized spacial score (nSPS) is 12.4. The minimum atomic E-state index is 0.0259. The third-order valence-electron chi connectivity index (χ3n) is 2.76. The van der Waals surface area contributed by atoms with Crippen LogP contribution in [0.2, 0.25) is 5.02 Å². The summed E-state index contributed by atoms with van der Waals surface area (Å²) in [5.74, 6) is 0. The van der Waals surface area contributed by atoms with Crippen LogP contribution in [0.4, 0.5) is 0 Å². The largest absolute Gasteiger partial charge is 0.368 e. The Hall–Kier alpha value is -0.100. The van der Waals surface area contributed by atoms with Gasteiger partial charge in [0.05, 0.1) is 12.7 Å². The minimum absolute atomic E-state index is 0.0259. The van der Waals surface area contributed by atoms with E-state index in [4.69, 9.17) is 16.3 Å². The van der Waals surface area contributed by atoms with Gasteiger partial charge >= 0.3 is 0 Å². The fourth-order valence-electron chi connectivity index (χ4n) is 1.73. The molecule has 0 radical (unpaired) electrons. The molecule has 1 nitrogen and oxygen atoms in total. The molecule has 2 aromatic carbocycles. The molecule has 0 saturated heterocycles. The number of hydrogen-bond acceptors (Lipinski definition) is 1. The Morgan fingerprint density at radius 2 is 1.79 bits per heavy atom. The molecule has 2 aromatic rings. The van der Waals surface area contributed by atoms with E-state index in [9.17, 15) is 0 Å². The number of benzene rings is 2. The fraction of sp³-hybridized carbons (Fsp3) is 0.200. The first kappa shape index (κ1) is 15.3. The monoisotopic (exact) mass is 450 g/mol. The molecule has 0 fully saturated rings. The minimum Gasteiger partial charge on any atom is -0.368 e. The van der Waals surface area contributed by atoms with Crippen LogP contribution >= 0.6 is 50.1 Å². The molecule has 19 heavy (non-hydrogen) atoms. The van der Waals surface area contributed by atoms with Gasteiger partial charge < -0.3 is 4.74 Å². The van der Waals surface area contributed by atoms with E-state index in [1.807, 2.05) is 36.4 Å². The molecule has 0 bridgehead atoms. The van der Waals surface area contributed by atoms with Crippen LogP contribution in [-0.4, -0.2) is 4.43 Å². The molecule has 0 saturated carbocycles. The number of halogens is 3. The van der Waals surface area contributed by atoms with E-state index in [-0.39, 0.29) is 6.10 Å². The highest BCUT2D eigenvalue weighted by Gasteiger charge is 2.13. The van der Waals surface area contributed by atoms with Crippen molar-refractivity contribution in [3.05, 3.63) is 69.2 Å². The third kappa shape index (κ3) is 4.45. The van der Waals surface area contributed by atoms with Crippen LogP contribution in [0.15, 0.2) is 53.0 Å². The van der Waals surface area contributed by atoms with Gasteiger partial charge in [-0.25, -0.2) is 0 Å². The van der Waals surface area contributed by atoms with E-state index in [2.05, 4.69) is 50.7 Å². The molecule has 1 unspecified atom stereocenters. The zero-order chi connectivity index (χ0) is 13.7. The van der Waals surface area contributed by atoms with Gasteiger partial charge in [0, 0.05) is 19.5 Å². The first-order chi connectivity index (χ1) is 9.20. The maximum absolute atomic E-state index is 6.21. The third-order valence-corrected chi connectivity index (χ3v) is 4.43. The van der Waals surface area contributed by atoms with E-state index < -0.39 is 0 Å². The smallest absolute Gasteiger partial charge is 0.0933 e. The summed E-state index contributed by atoms with van der Waals surface area (Å²) in [7, 11) is 0. The molecule has 0 amide bonds. The van der Waals surface area contributed by atoms with E-state index in [0.717, 1.165) is 25.0 Å². The second-order valence-corrected chi connectivity index (χ2v) is 6.31. The van der Waals surface area contributed by atoms with Crippen LogP contribution in [0.25, 0.3) is 0 Å². The highest BCUT2D eigenvalue weighted by atomic mass is 127. The van der Waals surface area contributed by atoms with Crippen molar-refractivity contribution in [2.75, 3.05) is 4.43 Å². The lowest BCUT2D eigenvalue weighted by Crippen LogP contribution is -2.06. The zero-order valence-electron chi connectivity index (χ0n) is 10.2. The molecule has 0 aliphatic carbocycles. The summed E-state index contributed by atoms with van der Waals surface area (Å²) < 4.78 is 7.93. The first-order valence-corrected chi connectivity index (χ1v) is 8.57. The molecule has 1 atom stereocenters. The molecule has 4 heteroatoms. The summed E-state index contributed by atoms with van der Waals surface area (Å²) >= 11 is 12.0. The van der Waals surface area contributed by atoms with Gasteiger partial charge in [-0.1, -0.05) is 80.5 Å². The lowest BCUT2D eigenvalue weighted by Gasteiger charge is -2.17. The lowest BCUT2D eigenvalue weighted by atomic mass is 10.1. The summed E-state index contributed by atoms with van der Waals surface area (Å²) in [6, 6.07) is 16.0. The maximum atomic E-state index is 6.21. The van der Waals surface area contributed by atoms with Crippen molar-refractivity contribution in [3.63, 3.8) is 0 Å². The number of alkyl halides is 1. The molecule has 0 aliphatic rings. The van der Waals surface area contributed by atoms with Crippen molar-refractivity contribution in [2.45, 2.75) is 12.7 Å². The summed E-state index contributed by atoms with van der Waals surface area (Å²) in [6.45, 7) is 0.589. The maximum Gasteiger partial charge on any atom is 0.0933 e. The van der Waals surface area contributed by atoms with Gasteiger partial charge in [-0.15, -0.1) is 0 Å². The SMILES string of the molecule is Clc1ccccc1C(CI)OCc1ccc(Br)cc1. The average Bonchev–Trinajstić information content (AvgIpc) is 2.43. The van der Waals surface area contributed by atoms with Crippen molar-refractivity contribution in [2.24, 2.45) is 0 Å². The van der Waals surface area contributed by atoms with Crippen LogP contribution in [0.3, 0.4) is 0 Å². The quantitative estimate of drug-likeness (QED) is 0.413. The molecular weight excluding hydrogens is 438 g/mol. The Bertz CT molecular complexity index is 530. The van der Waals surface area contributed by atoms with E-state index in [1.165, 1.54) is 0 Å². The van der Waals surface area contributed by atoms with Crippen LogP contribution in [0.1, 0.15) is 17.2 Å². The van der Waals surface area contributed by atoms with Gasteiger partial charge in [-0.2, -0.15) is 0 Å². The Morgan fingerprint density at radius 1 is 1.11 bits per heavy atom. The predicted molar refractivity (Wildman–Crippen MR) is 92.0 cm³/mol. The van der Waals surface area contributed by atoms with Crippen LogP contribution < -0.4 is 0 Å². The topological polar surface area (TPSA) is 9.23 Å². The molecule has 0 spiro atoms. The van der Waals surface area contributed by atoms with Crippen LogP contribution in [0.5, 0.6) is 0 Å². The number of ether oxygens (including phenoxy) is 1. The number of hydrogen-bond donors (Lipinski definition) is 0. The summed E-state index contributed by atoms with van der Waals surface area (Å²) in [5.41, 5.74) is 2.21. The lowest BCUT2D eigenvalue weighted by molar-refractivity contribution is 0.0578. The Morgan fingerprint density at radius 3 is 2.42 bits per heavy atom. The Labute approximate surface area is 140 Å². The van der Waals surface area contributed by atoms with E-state index >= 15 is 0 Å². The van der Waals surface area contributed by atoms with Crippen LogP contribution in [0, 0.1) is 0 Å². The predicted octanol–water partition coefficient (Wildman–Crippen LogP) is 5.80. The average molecular weight is 452 g/mol. The Balaban J connectivity index is 2.04. The van der Waals surface area contributed by atoms with Gasteiger partial charge in [-0.05, 0) is 23.8 Å². The molecule has 100 valence electrons. The van der Waals surface area contributed by atoms with Crippen molar-refractivity contribution in [1.29, 1.82) is 0 Å². The number of rotatable bonds is 5. The second-order valence-electron chi connectivity index (χ2n) is 4.10. The first-order valence-electron chi connectivity index (χ1n) is 5.87. The van der Waals surface area contributed by atoms with Crippen LogP contribution in [-0.2, 0) is 11.3 Å². The standard InChI is InChI=1S/C15H13BrClIO/c16-12-7-5-11(6-8-12)10-19-15(9-18)13-3-1-2-4-14(13)17/h1-8,15H,9-10H2. The van der Waals surface area contributed by atoms with Gasteiger partial charge in [0.2, 0.25) is 0 Å². The van der Waals surface area contributed by atoms with E-state index in [1.54, 1.807) is 0 Å². The van der Waals surface area contributed by atoms with Crippen molar-refractivity contribution < 1.29 is 4.74 Å². The van der Waals surface area contributed by atoms with Gasteiger partial charge in [0.25, 0.3) is 0 Å². The second kappa shape index (κ2) is 7.62. The Kier molecular flexibility index (Phi) is 6.13. The fourth-order valence-corrected chi connectivity index (χ4v) is 2.98.